The van der Waals surface area contributed by atoms with E-state index in [4.69, 9.17) is 11.6 Å². The van der Waals surface area contributed by atoms with E-state index in [1.54, 1.807) is 12.1 Å². The van der Waals surface area contributed by atoms with Gasteiger partial charge in [0, 0.05) is 24.2 Å². The van der Waals surface area contributed by atoms with Crippen LogP contribution in [0.25, 0.3) is 10.9 Å². The molecule has 0 atom stereocenters. The highest BCUT2D eigenvalue weighted by Gasteiger charge is 2.06. The van der Waals surface area contributed by atoms with Gasteiger partial charge in [0.25, 0.3) is 0 Å². The predicted octanol–water partition coefficient (Wildman–Crippen LogP) is 2.64. The Balaban J connectivity index is 2.95. The van der Waals surface area contributed by atoms with Gasteiger partial charge in [-0.05, 0) is 18.2 Å². The number of aldehydes is 1. The molecule has 1 aromatic carbocycles. The molecule has 0 radical (unpaired) electrons. The molecule has 0 bridgehead atoms. The van der Waals surface area contributed by atoms with E-state index in [9.17, 15) is 4.79 Å². The highest BCUT2D eigenvalue weighted by molar-refractivity contribution is 6.35. The molecule has 0 spiro atoms. The van der Waals surface area contributed by atoms with Crippen LogP contribution in [0, 0.1) is 0 Å². The zero-order valence-electron chi connectivity index (χ0n) is 7.12. The topological polar surface area (TPSA) is 22.0 Å². The van der Waals surface area contributed by atoms with Crippen LogP contribution in [0.15, 0.2) is 24.4 Å². The number of benzene rings is 1. The second kappa shape index (κ2) is 2.89. The van der Waals surface area contributed by atoms with Crippen molar-refractivity contribution in [3.63, 3.8) is 0 Å². The fourth-order valence-electron chi connectivity index (χ4n) is 1.49. The third-order valence-electron chi connectivity index (χ3n) is 2.15. The zero-order valence-corrected chi connectivity index (χ0v) is 7.88. The molecule has 1 heterocycles. The predicted molar refractivity (Wildman–Crippen MR) is 53.3 cm³/mol. The molecule has 1 aromatic heterocycles. The number of fused-ring (bicyclic) bond motifs is 1. The van der Waals surface area contributed by atoms with Gasteiger partial charge in [-0.1, -0.05) is 11.6 Å². The van der Waals surface area contributed by atoms with Crippen LogP contribution in [0.2, 0.25) is 5.02 Å². The second-order valence-electron chi connectivity index (χ2n) is 2.94. The molecule has 0 aliphatic heterocycles. The number of aromatic nitrogens is 1. The number of rotatable bonds is 1. The smallest absolute Gasteiger partial charge is 0.150 e. The summed E-state index contributed by atoms with van der Waals surface area (Å²) in [5, 5.41) is 1.58. The number of nitrogens with zero attached hydrogens (tertiary/aromatic N) is 1. The Morgan fingerprint density at radius 3 is 2.85 bits per heavy atom. The third kappa shape index (κ3) is 1.14. The Hall–Kier alpha value is -1.28. The summed E-state index contributed by atoms with van der Waals surface area (Å²) in [5.74, 6) is 0. The van der Waals surface area contributed by atoms with Gasteiger partial charge in [-0.3, -0.25) is 4.79 Å². The van der Waals surface area contributed by atoms with Crippen LogP contribution in [0.4, 0.5) is 0 Å². The summed E-state index contributed by atoms with van der Waals surface area (Å²) in [6.45, 7) is 0. The van der Waals surface area contributed by atoms with E-state index >= 15 is 0 Å². The number of halogens is 1. The lowest BCUT2D eigenvalue weighted by molar-refractivity contribution is 0.112. The van der Waals surface area contributed by atoms with Crippen molar-refractivity contribution in [2.24, 2.45) is 7.05 Å². The molecule has 0 saturated heterocycles. The van der Waals surface area contributed by atoms with Crippen molar-refractivity contribution in [2.45, 2.75) is 0 Å². The number of hydrogen-bond acceptors (Lipinski definition) is 1. The molecule has 0 aliphatic carbocycles. The van der Waals surface area contributed by atoms with Crippen LogP contribution in [-0.2, 0) is 7.05 Å². The van der Waals surface area contributed by atoms with Crippen molar-refractivity contribution in [3.8, 4) is 0 Å². The first kappa shape index (κ1) is 8.32. The first-order chi connectivity index (χ1) is 6.24. The molecule has 2 aromatic rings. The Labute approximate surface area is 80.7 Å². The van der Waals surface area contributed by atoms with Gasteiger partial charge in [0.1, 0.15) is 0 Å². The maximum absolute atomic E-state index is 10.7. The van der Waals surface area contributed by atoms with Crippen LogP contribution < -0.4 is 0 Å². The molecule has 13 heavy (non-hydrogen) atoms. The Bertz CT molecular complexity index is 473. The Kier molecular flexibility index (Phi) is 1.85. The summed E-state index contributed by atoms with van der Waals surface area (Å²) in [4.78, 5) is 10.7. The fraction of sp³-hybridized carbons (Fsp3) is 0.100. The first-order valence-corrected chi connectivity index (χ1v) is 4.30. The average Bonchev–Trinajstić information content (AvgIpc) is 2.50. The highest BCUT2D eigenvalue weighted by Crippen LogP contribution is 2.26. The molecule has 2 nitrogen and oxygen atoms in total. The molecular formula is C10H8ClNO. The third-order valence-corrected chi connectivity index (χ3v) is 2.45. The van der Waals surface area contributed by atoms with Crippen LogP contribution in [0.3, 0.4) is 0 Å². The second-order valence-corrected chi connectivity index (χ2v) is 3.35. The van der Waals surface area contributed by atoms with E-state index in [0.717, 1.165) is 17.2 Å². The van der Waals surface area contributed by atoms with E-state index in [1.807, 2.05) is 23.9 Å². The van der Waals surface area contributed by atoms with Crippen molar-refractivity contribution in [1.82, 2.24) is 4.57 Å². The molecule has 0 fully saturated rings. The van der Waals surface area contributed by atoms with E-state index < -0.39 is 0 Å². The van der Waals surface area contributed by atoms with E-state index in [2.05, 4.69) is 0 Å². The van der Waals surface area contributed by atoms with Crippen molar-refractivity contribution in [1.29, 1.82) is 0 Å². The number of hydrogen-bond donors (Lipinski definition) is 0. The summed E-state index contributed by atoms with van der Waals surface area (Å²) in [6, 6.07) is 5.37. The van der Waals surface area contributed by atoms with E-state index in [0.29, 0.717) is 10.6 Å². The maximum Gasteiger partial charge on any atom is 0.150 e. The quantitative estimate of drug-likeness (QED) is 0.639. The van der Waals surface area contributed by atoms with Crippen LogP contribution in [-0.4, -0.2) is 10.9 Å². The average molecular weight is 194 g/mol. The van der Waals surface area contributed by atoms with E-state index in [-0.39, 0.29) is 0 Å². The minimum absolute atomic E-state index is 0.674. The number of carbonyl (C=O) groups is 1. The molecule has 0 amide bonds. The fourth-order valence-corrected chi connectivity index (χ4v) is 1.79. The zero-order chi connectivity index (χ0) is 9.42. The highest BCUT2D eigenvalue weighted by atomic mass is 35.5. The number of aryl methyl sites for hydroxylation is 1. The maximum atomic E-state index is 10.7. The van der Waals surface area contributed by atoms with Gasteiger partial charge < -0.3 is 4.57 Å². The molecular weight excluding hydrogens is 186 g/mol. The van der Waals surface area contributed by atoms with Crippen LogP contribution >= 0.6 is 11.6 Å². The van der Waals surface area contributed by atoms with E-state index in [1.165, 1.54) is 0 Å². The monoisotopic (exact) mass is 193 g/mol. The first-order valence-electron chi connectivity index (χ1n) is 3.93. The van der Waals surface area contributed by atoms with Crippen LogP contribution in [0.1, 0.15) is 10.4 Å². The Morgan fingerprint density at radius 2 is 2.15 bits per heavy atom. The molecule has 0 aliphatic rings. The lowest BCUT2D eigenvalue weighted by Gasteiger charge is -2.00. The van der Waals surface area contributed by atoms with Gasteiger partial charge in [0.2, 0.25) is 0 Å². The summed E-state index contributed by atoms with van der Waals surface area (Å²) in [7, 11) is 1.91. The number of carbonyl (C=O) groups excluding carboxylic acids is 1. The standard InChI is InChI=1S/C10H8ClNO/c1-12-5-4-8-7(6-13)2-3-9(11)10(8)12/h2-6H,1H3. The normalized spacial score (nSPS) is 10.6. The lowest BCUT2D eigenvalue weighted by atomic mass is 10.1. The molecule has 0 N–H and O–H groups in total. The summed E-state index contributed by atoms with van der Waals surface area (Å²) >= 11 is 6.00. The molecule has 66 valence electrons. The summed E-state index contributed by atoms with van der Waals surface area (Å²) < 4.78 is 1.91. The minimum atomic E-state index is 0.674. The molecule has 0 saturated carbocycles. The van der Waals surface area contributed by atoms with Gasteiger partial charge in [-0.25, -0.2) is 0 Å². The van der Waals surface area contributed by atoms with Gasteiger partial charge in [-0.15, -0.1) is 0 Å². The van der Waals surface area contributed by atoms with Crippen molar-refractivity contribution in [2.75, 3.05) is 0 Å². The van der Waals surface area contributed by atoms with Crippen LogP contribution in [0.5, 0.6) is 0 Å². The van der Waals surface area contributed by atoms with Gasteiger partial charge in [0.15, 0.2) is 6.29 Å². The van der Waals surface area contributed by atoms with Crippen molar-refractivity contribution < 1.29 is 4.79 Å². The Morgan fingerprint density at radius 1 is 1.38 bits per heavy atom. The molecule has 0 unspecified atom stereocenters. The SMILES string of the molecule is Cn1ccc2c(C=O)ccc(Cl)c21. The van der Waals surface area contributed by atoms with Crippen molar-refractivity contribution in [3.05, 3.63) is 35.0 Å². The molecule has 2 rings (SSSR count). The molecule has 3 heteroatoms. The van der Waals surface area contributed by atoms with Gasteiger partial charge >= 0.3 is 0 Å². The minimum Gasteiger partial charge on any atom is -0.349 e. The largest absolute Gasteiger partial charge is 0.349 e. The summed E-state index contributed by atoms with van der Waals surface area (Å²) in [5.41, 5.74) is 1.59. The van der Waals surface area contributed by atoms with Gasteiger partial charge in [0.05, 0.1) is 10.5 Å². The lowest BCUT2D eigenvalue weighted by Crippen LogP contribution is -1.87. The van der Waals surface area contributed by atoms with Gasteiger partial charge in [-0.2, -0.15) is 0 Å². The van der Waals surface area contributed by atoms with Crippen molar-refractivity contribution >= 4 is 28.8 Å². The summed E-state index contributed by atoms with van der Waals surface area (Å²) in [6.07, 6.45) is 2.74.